The maximum Gasteiger partial charge on any atom is 0.351 e. The van der Waals surface area contributed by atoms with Gasteiger partial charge in [-0.3, -0.25) is 9.36 Å². The SMILES string of the molecule is CC(C)(CO)OCCNC(=O)c1cn(C2CC(O)C(CO)O2)c(=O)nc1N. The predicted molar refractivity (Wildman–Crippen MR) is 94.0 cm³/mol. The van der Waals surface area contributed by atoms with Gasteiger partial charge in [-0.05, 0) is 13.8 Å². The van der Waals surface area contributed by atoms with Gasteiger partial charge in [0.25, 0.3) is 5.91 Å². The summed E-state index contributed by atoms with van der Waals surface area (Å²) in [5.41, 5.74) is 4.21. The molecule has 3 unspecified atom stereocenters. The molecular weight excluding hydrogens is 360 g/mol. The molecular formula is C16H26N4O7. The van der Waals surface area contributed by atoms with Gasteiger partial charge in [0.1, 0.15) is 18.1 Å². The van der Waals surface area contributed by atoms with Crippen LogP contribution in [0.25, 0.3) is 0 Å². The minimum atomic E-state index is -0.936. The summed E-state index contributed by atoms with van der Waals surface area (Å²) in [6.07, 6.45) is -1.33. The number of nitrogens with two attached hydrogens (primary N) is 1. The van der Waals surface area contributed by atoms with Crippen molar-refractivity contribution in [2.75, 3.05) is 32.1 Å². The molecule has 11 heteroatoms. The number of rotatable bonds is 8. The van der Waals surface area contributed by atoms with Crippen LogP contribution in [0.3, 0.4) is 0 Å². The number of carbonyl (C=O) groups excluding carboxylic acids is 1. The Morgan fingerprint density at radius 1 is 1.52 bits per heavy atom. The molecule has 0 aromatic carbocycles. The number of nitrogen functional groups attached to an aromatic ring is 1. The summed E-state index contributed by atoms with van der Waals surface area (Å²) >= 11 is 0. The molecule has 0 bridgehead atoms. The Balaban J connectivity index is 2.07. The Bertz CT molecular complexity index is 721. The van der Waals surface area contributed by atoms with Gasteiger partial charge in [0, 0.05) is 19.2 Å². The lowest BCUT2D eigenvalue weighted by Crippen LogP contribution is -2.36. The van der Waals surface area contributed by atoms with Gasteiger partial charge in [-0.25, -0.2) is 4.79 Å². The summed E-state index contributed by atoms with van der Waals surface area (Å²) in [5.74, 6) is -0.793. The highest BCUT2D eigenvalue weighted by molar-refractivity contribution is 5.97. The fourth-order valence-electron chi connectivity index (χ4n) is 2.55. The molecule has 1 aliphatic heterocycles. The van der Waals surface area contributed by atoms with Crippen molar-refractivity contribution < 1.29 is 29.6 Å². The lowest BCUT2D eigenvalue weighted by molar-refractivity contribution is -0.0514. The topological polar surface area (TPSA) is 169 Å². The molecule has 2 heterocycles. The predicted octanol–water partition coefficient (Wildman–Crippen LogP) is -2.02. The van der Waals surface area contributed by atoms with Gasteiger partial charge in [-0.1, -0.05) is 0 Å². The lowest BCUT2D eigenvalue weighted by atomic mass is 10.1. The van der Waals surface area contributed by atoms with Crippen molar-refractivity contribution >= 4 is 11.7 Å². The first-order valence-electron chi connectivity index (χ1n) is 8.54. The molecule has 11 nitrogen and oxygen atoms in total. The molecule has 1 amide bonds. The molecule has 1 saturated heterocycles. The maximum absolute atomic E-state index is 12.3. The van der Waals surface area contributed by atoms with Crippen LogP contribution >= 0.6 is 0 Å². The number of nitrogens with zero attached hydrogens (tertiary/aromatic N) is 2. The molecule has 1 aliphatic rings. The molecule has 1 aromatic heterocycles. The number of hydrogen-bond donors (Lipinski definition) is 5. The number of aliphatic hydroxyl groups is 3. The first-order valence-corrected chi connectivity index (χ1v) is 8.54. The molecule has 0 saturated carbocycles. The van der Waals surface area contributed by atoms with E-state index in [9.17, 15) is 14.7 Å². The van der Waals surface area contributed by atoms with Gasteiger partial charge >= 0.3 is 5.69 Å². The van der Waals surface area contributed by atoms with E-state index in [4.69, 9.17) is 25.4 Å². The summed E-state index contributed by atoms with van der Waals surface area (Å²) < 4.78 is 11.9. The molecule has 0 spiro atoms. The summed E-state index contributed by atoms with van der Waals surface area (Å²) in [6, 6.07) is 0. The molecule has 3 atom stereocenters. The van der Waals surface area contributed by atoms with Gasteiger partial charge in [0.15, 0.2) is 0 Å². The van der Waals surface area contributed by atoms with Crippen molar-refractivity contribution in [2.45, 2.75) is 44.3 Å². The van der Waals surface area contributed by atoms with Crippen molar-refractivity contribution in [3.8, 4) is 0 Å². The van der Waals surface area contributed by atoms with Crippen LogP contribution in [0.2, 0.25) is 0 Å². The molecule has 27 heavy (non-hydrogen) atoms. The van der Waals surface area contributed by atoms with Crippen molar-refractivity contribution in [3.63, 3.8) is 0 Å². The number of aromatic nitrogens is 2. The number of carbonyl (C=O) groups is 1. The fraction of sp³-hybridized carbons (Fsp3) is 0.688. The van der Waals surface area contributed by atoms with Crippen molar-refractivity contribution in [1.82, 2.24) is 14.9 Å². The van der Waals surface area contributed by atoms with E-state index in [0.29, 0.717) is 0 Å². The van der Waals surface area contributed by atoms with Crippen LogP contribution in [0.5, 0.6) is 0 Å². The molecule has 1 aromatic rings. The minimum absolute atomic E-state index is 0.0263. The van der Waals surface area contributed by atoms with Crippen LogP contribution in [-0.4, -0.2) is 75.0 Å². The van der Waals surface area contributed by atoms with Crippen molar-refractivity contribution in [2.24, 2.45) is 0 Å². The molecule has 2 rings (SSSR count). The van der Waals surface area contributed by atoms with E-state index < -0.39 is 42.2 Å². The Hall–Kier alpha value is -2.05. The highest BCUT2D eigenvalue weighted by Gasteiger charge is 2.35. The molecule has 6 N–H and O–H groups in total. The van der Waals surface area contributed by atoms with Crippen LogP contribution < -0.4 is 16.7 Å². The standard InChI is InChI=1S/C16H26N4O7/c1-16(2,8-22)26-4-3-18-14(24)9-6-20(15(25)19-13(9)17)12-5-10(23)11(7-21)27-12/h6,10-12,21-23H,3-5,7-8H2,1-2H3,(H,18,24)(H2,17,19,25). The minimum Gasteiger partial charge on any atom is -0.394 e. The Kier molecular flexibility index (Phi) is 6.89. The zero-order valence-electron chi connectivity index (χ0n) is 15.3. The van der Waals surface area contributed by atoms with Gasteiger partial charge in [-0.15, -0.1) is 0 Å². The van der Waals surface area contributed by atoms with Crippen molar-refractivity contribution in [3.05, 3.63) is 22.2 Å². The number of ether oxygens (including phenoxy) is 2. The lowest BCUT2D eigenvalue weighted by Gasteiger charge is -2.22. The zero-order valence-corrected chi connectivity index (χ0v) is 15.3. The van der Waals surface area contributed by atoms with E-state index in [1.54, 1.807) is 13.8 Å². The van der Waals surface area contributed by atoms with Crippen LogP contribution in [0.15, 0.2) is 11.0 Å². The van der Waals surface area contributed by atoms with Gasteiger partial charge in [0.2, 0.25) is 0 Å². The van der Waals surface area contributed by atoms with E-state index in [2.05, 4.69) is 10.3 Å². The smallest absolute Gasteiger partial charge is 0.351 e. The van der Waals surface area contributed by atoms with Gasteiger partial charge in [-0.2, -0.15) is 4.98 Å². The zero-order chi connectivity index (χ0) is 20.2. The van der Waals surface area contributed by atoms with Crippen LogP contribution in [-0.2, 0) is 9.47 Å². The third-order valence-corrected chi connectivity index (χ3v) is 4.18. The Morgan fingerprint density at radius 2 is 2.22 bits per heavy atom. The average molecular weight is 386 g/mol. The Labute approximate surface area is 155 Å². The highest BCUT2D eigenvalue weighted by Crippen LogP contribution is 2.27. The van der Waals surface area contributed by atoms with E-state index in [1.165, 1.54) is 6.20 Å². The van der Waals surface area contributed by atoms with E-state index in [-0.39, 0.29) is 37.6 Å². The number of amides is 1. The third-order valence-electron chi connectivity index (χ3n) is 4.18. The largest absolute Gasteiger partial charge is 0.394 e. The number of anilines is 1. The first-order chi connectivity index (χ1) is 12.7. The highest BCUT2D eigenvalue weighted by atomic mass is 16.5. The third kappa shape index (κ3) is 5.23. The van der Waals surface area contributed by atoms with Crippen LogP contribution in [0, 0.1) is 0 Å². The van der Waals surface area contributed by atoms with Crippen LogP contribution in [0.1, 0.15) is 36.9 Å². The van der Waals surface area contributed by atoms with Crippen LogP contribution in [0.4, 0.5) is 5.82 Å². The molecule has 0 aliphatic carbocycles. The number of nitrogens with one attached hydrogen (secondary N) is 1. The maximum atomic E-state index is 12.3. The first kappa shape index (κ1) is 21.3. The normalized spacial score (nSPS) is 22.8. The van der Waals surface area contributed by atoms with Gasteiger partial charge in [0.05, 0.1) is 37.1 Å². The summed E-state index contributed by atoms with van der Waals surface area (Å²) in [5, 5.41) is 30.7. The van der Waals surface area contributed by atoms with E-state index in [1.807, 2.05) is 0 Å². The van der Waals surface area contributed by atoms with Gasteiger partial charge < -0.3 is 35.8 Å². The fourth-order valence-corrected chi connectivity index (χ4v) is 2.55. The number of hydrogen-bond acceptors (Lipinski definition) is 9. The Morgan fingerprint density at radius 3 is 2.81 bits per heavy atom. The molecule has 0 radical (unpaired) electrons. The summed E-state index contributed by atoms with van der Waals surface area (Å²) in [7, 11) is 0. The van der Waals surface area contributed by atoms with E-state index in [0.717, 1.165) is 4.57 Å². The quantitative estimate of drug-likeness (QED) is 0.317. The van der Waals surface area contributed by atoms with E-state index >= 15 is 0 Å². The molecule has 152 valence electrons. The second-order valence-corrected chi connectivity index (χ2v) is 6.87. The summed E-state index contributed by atoms with van der Waals surface area (Å²) in [4.78, 5) is 28.1. The second kappa shape index (κ2) is 8.76. The monoisotopic (exact) mass is 386 g/mol. The summed E-state index contributed by atoms with van der Waals surface area (Å²) in [6.45, 7) is 3.19. The average Bonchev–Trinajstić information content (AvgIpc) is 2.99. The van der Waals surface area contributed by atoms with Crippen molar-refractivity contribution in [1.29, 1.82) is 0 Å². The second-order valence-electron chi connectivity index (χ2n) is 6.87. The molecule has 1 fully saturated rings. The number of aliphatic hydroxyl groups excluding tert-OH is 3.